The fraction of sp³-hybridized carbons (Fsp3) is 0.583. The normalized spacial score (nSPS) is 29.6. The molecule has 1 fully saturated rings. The fourth-order valence-corrected chi connectivity index (χ4v) is 2.06. The first kappa shape index (κ1) is 9.66. The summed E-state index contributed by atoms with van der Waals surface area (Å²) in [7, 11) is 0. The van der Waals surface area contributed by atoms with Crippen LogP contribution in [-0.4, -0.2) is 16.2 Å². The lowest BCUT2D eigenvalue weighted by atomic mass is 9.93. The van der Waals surface area contributed by atoms with Gasteiger partial charge in [0.2, 0.25) is 0 Å². The Morgan fingerprint density at radius 3 is 2.50 bits per heavy atom. The number of aliphatic hydroxyl groups excluding tert-OH is 1. The van der Waals surface area contributed by atoms with Gasteiger partial charge in [0.1, 0.15) is 0 Å². The van der Waals surface area contributed by atoms with Crippen LogP contribution in [0.25, 0.3) is 0 Å². The van der Waals surface area contributed by atoms with E-state index in [4.69, 9.17) is 0 Å². The third kappa shape index (κ3) is 1.80. The van der Waals surface area contributed by atoms with Crippen LogP contribution in [0.2, 0.25) is 0 Å². The predicted octanol–water partition coefficient (Wildman–Crippen LogP) is 2.20. The monoisotopic (exact) mass is 191 g/mol. The Bertz CT molecular complexity index is 298. The van der Waals surface area contributed by atoms with E-state index in [-0.39, 0.29) is 12.0 Å². The van der Waals surface area contributed by atoms with Crippen molar-refractivity contribution in [2.75, 3.05) is 0 Å². The Kier molecular flexibility index (Phi) is 2.55. The summed E-state index contributed by atoms with van der Waals surface area (Å²) in [5, 5.41) is 10.1. The highest BCUT2D eigenvalue weighted by molar-refractivity contribution is 5.17. The summed E-state index contributed by atoms with van der Waals surface area (Å²) in [6, 6.07) is 3.97. The lowest BCUT2D eigenvalue weighted by Gasteiger charge is -2.18. The van der Waals surface area contributed by atoms with E-state index in [0.717, 1.165) is 0 Å². The van der Waals surface area contributed by atoms with Crippen molar-refractivity contribution >= 4 is 0 Å². The van der Waals surface area contributed by atoms with E-state index in [2.05, 4.69) is 18.8 Å². The summed E-state index contributed by atoms with van der Waals surface area (Å²) < 4.78 is 0. The Hall–Kier alpha value is -0.890. The van der Waals surface area contributed by atoms with Gasteiger partial charge in [-0.05, 0) is 36.0 Å². The molecule has 0 spiro atoms. The second kappa shape index (κ2) is 3.70. The van der Waals surface area contributed by atoms with Crippen LogP contribution in [0.4, 0.5) is 0 Å². The number of pyridine rings is 1. The van der Waals surface area contributed by atoms with Crippen molar-refractivity contribution in [2.45, 2.75) is 32.3 Å². The summed E-state index contributed by atoms with van der Waals surface area (Å²) in [6.45, 7) is 4.29. The van der Waals surface area contributed by atoms with Gasteiger partial charge in [-0.15, -0.1) is 0 Å². The van der Waals surface area contributed by atoms with Gasteiger partial charge in [-0.1, -0.05) is 13.8 Å². The minimum Gasteiger partial charge on any atom is -0.392 e. The lowest BCUT2D eigenvalue weighted by molar-refractivity contribution is 0.121. The Morgan fingerprint density at radius 1 is 1.43 bits per heavy atom. The maximum absolute atomic E-state index is 10.1. The van der Waals surface area contributed by atoms with Gasteiger partial charge >= 0.3 is 0 Å². The van der Waals surface area contributed by atoms with Crippen LogP contribution in [0.1, 0.15) is 31.7 Å². The highest BCUT2D eigenvalue weighted by Crippen LogP contribution is 2.44. The molecule has 0 bridgehead atoms. The molecule has 0 radical (unpaired) electrons. The summed E-state index contributed by atoms with van der Waals surface area (Å²) in [4.78, 5) is 3.98. The van der Waals surface area contributed by atoms with Gasteiger partial charge in [0.05, 0.1) is 6.10 Å². The first-order chi connectivity index (χ1) is 6.70. The van der Waals surface area contributed by atoms with E-state index in [1.807, 2.05) is 12.1 Å². The van der Waals surface area contributed by atoms with Crippen molar-refractivity contribution in [3.63, 3.8) is 0 Å². The number of hydrogen-bond acceptors (Lipinski definition) is 2. The molecule has 14 heavy (non-hydrogen) atoms. The van der Waals surface area contributed by atoms with E-state index in [1.165, 1.54) is 12.0 Å². The molecule has 0 saturated heterocycles. The molecule has 0 aromatic carbocycles. The van der Waals surface area contributed by atoms with E-state index >= 15 is 0 Å². The Morgan fingerprint density at radius 2 is 2.00 bits per heavy atom. The molecule has 4 unspecified atom stereocenters. The molecular formula is C12H17NO. The minimum atomic E-state index is -0.188. The average Bonchev–Trinajstić information content (AvgIpc) is 2.95. The van der Waals surface area contributed by atoms with Gasteiger partial charge < -0.3 is 5.11 Å². The van der Waals surface area contributed by atoms with E-state index < -0.39 is 0 Å². The highest BCUT2D eigenvalue weighted by Gasteiger charge is 2.41. The maximum Gasteiger partial charge on any atom is 0.0636 e. The molecule has 1 aromatic heterocycles. The molecule has 1 aromatic rings. The summed E-state index contributed by atoms with van der Waals surface area (Å²) in [5.41, 5.74) is 1.19. The standard InChI is InChI=1S/C12H17NO/c1-8-7-11(8)12(14)9(2)10-3-5-13-6-4-10/h3-6,8-9,11-12,14H,7H2,1-2H3. The molecule has 0 aliphatic heterocycles. The third-order valence-corrected chi connectivity index (χ3v) is 3.35. The molecule has 76 valence electrons. The zero-order valence-corrected chi connectivity index (χ0v) is 8.72. The number of nitrogens with zero attached hydrogens (tertiary/aromatic N) is 1. The second-order valence-corrected chi connectivity index (χ2v) is 4.44. The maximum atomic E-state index is 10.1. The van der Waals surface area contributed by atoms with Crippen LogP contribution in [-0.2, 0) is 0 Å². The molecule has 1 aliphatic carbocycles. The third-order valence-electron chi connectivity index (χ3n) is 3.35. The first-order valence-electron chi connectivity index (χ1n) is 5.28. The molecule has 2 nitrogen and oxygen atoms in total. The smallest absolute Gasteiger partial charge is 0.0636 e. The van der Waals surface area contributed by atoms with Gasteiger partial charge in [-0.3, -0.25) is 4.98 Å². The zero-order chi connectivity index (χ0) is 10.1. The van der Waals surface area contributed by atoms with Gasteiger partial charge in [0.25, 0.3) is 0 Å². The van der Waals surface area contributed by atoms with Crippen molar-refractivity contribution < 1.29 is 5.11 Å². The number of aliphatic hydroxyl groups is 1. The van der Waals surface area contributed by atoms with Crippen LogP contribution < -0.4 is 0 Å². The summed E-state index contributed by atoms with van der Waals surface area (Å²) in [6.07, 6.45) is 4.56. The molecular weight excluding hydrogens is 174 g/mol. The topological polar surface area (TPSA) is 33.1 Å². The Balaban J connectivity index is 2.05. The zero-order valence-electron chi connectivity index (χ0n) is 8.72. The highest BCUT2D eigenvalue weighted by atomic mass is 16.3. The summed E-state index contributed by atoms with van der Waals surface area (Å²) in [5.74, 6) is 1.44. The van der Waals surface area contributed by atoms with Crippen LogP contribution in [0, 0.1) is 11.8 Å². The van der Waals surface area contributed by atoms with Gasteiger partial charge in [0.15, 0.2) is 0 Å². The molecule has 4 atom stereocenters. The van der Waals surface area contributed by atoms with Crippen molar-refractivity contribution in [2.24, 2.45) is 11.8 Å². The van der Waals surface area contributed by atoms with Crippen LogP contribution in [0.5, 0.6) is 0 Å². The SMILES string of the molecule is CC1CC1C(O)C(C)c1ccncc1. The molecule has 1 N–H and O–H groups in total. The fourth-order valence-electron chi connectivity index (χ4n) is 2.06. The average molecular weight is 191 g/mol. The van der Waals surface area contributed by atoms with Crippen LogP contribution in [0.3, 0.4) is 0 Å². The van der Waals surface area contributed by atoms with E-state index in [0.29, 0.717) is 11.8 Å². The van der Waals surface area contributed by atoms with Crippen molar-refractivity contribution in [1.82, 2.24) is 4.98 Å². The predicted molar refractivity (Wildman–Crippen MR) is 55.9 cm³/mol. The molecule has 2 rings (SSSR count). The largest absolute Gasteiger partial charge is 0.392 e. The molecule has 0 amide bonds. The Labute approximate surface area is 85.0 Å². The van der Waals surface area contributed by atoms with E-state index in [9.17, 15) is 5.11 Å². The quantitative estimate of drug-likeness (QED) is 0.794. The van der Waals surface area contributed by atoms with Gasteiger partial charge in [-0.2, -0.15) is 0 Å². The molecule has 1 heterocycles. The minimum absolute atomic E-state index is 0.188. The van der Waals surface area contributed by atoms with Crippen molar-refractivity contribution in [1.29, 1.82) is 0 Å². The van der Waals surface area contributed by atoms with Gasteiger partial charge in [-0.25, -0.2) is 0 Å². The van der Waals surface area contributed by atoms with Gasteiger partial charge in [0, 0.05) is 18.3 Å². The van der Waals surface area contributed by atoms with Crippen LogP contribution >= 0.6 is 0 Å². The summed E-state index contributed by atoms with van der Waals surface area (Å²) >= 11 is 0. The van der Waals surface area contributed by atoms with Crippen molar-refractivity contribution in [3.05, 3.63) is 30.1 Å². The number of rotatable bonds is 3. The second-order valence-electron chi connectivity index (χ2n) is 4.44. The lowest BCUT2D eigenvalue weighted by Crippen LogP contribution is -2.18. The number of hydrogen-bond donors (Lipinski definition) is 1. The van der Waals surface area contributed by atoms with E-state index in [1.54, 1.807) is 12.4 Å². The van der Waals surface area contributed by atoms with Crippen molar-refractivity contribution in [3.8, 4) is 0 Å². The van der Waals surface area contributed by atoms with Crippen LogP contribution in [0.15, 0.2) is 24.5 Å². The molecule has 1 aliphatic rings. The molecule has 2 heteroatoms. The molecule has 1 saturated carbocycles. The number of aromatic nitrogens is 1. The first-order valence-corrected chi connectivity index (χ1v) is 5.28.